The number of nitrogens with two attached hydrogens (primary N) is 1. The van der Waals surface area contributed by atoms with Crippen LogP contribution < -0.4 is 5.73 Å². The van der Waals surface area contributed by atoms with E-state index in [4.69, 9.17) is 5.73 Å². The molecule has 0 saturated carbocycles. The number of primary amides is 1. The first-order valence-electron chi connectivity index (χ1n) is 3.58. The van der Waals surface area contributed by atoms with Crippen molar-refractivity contribution < 1.29 is 9.59 Å². The van der Waals surface area contributed by atoms with E-state index in [2.05, 4.69) is 0 Å². The number of hydrogen-bond acceptors (Lipinski definition) is 2. The van der Waals surface area contributed by atoms with Crippen molar-refractivity contribution in [3.63, 3.8) is 0 Å². The number of rotatable bonds is 2. The average molecular weight is 156 g/mol. The molecule has 1 saturated heterocycles. The first-order chi connectivity index (χ1) is 5.08. The predicted octanol–water partition coefficient (Wildman–Crippen LogP) is -0.660. The molecule has 1 unspecified atom stereocenters. The quantitative estimate of drug-likeness (QED) is 0.539. The van der Waals surface area contributed by atoms with E-state index in [9.17, 15) is 9.59 Å². The highest BCUT2D eigenvalue weighted by molar-refractivity contribution is 5.81. The van der Waals surface area contributed by atoms with Crippen LogP contribution in [0.25, 0.3) is 0 Å². The first kappa shape index (κ1) is 8.04. The molecule has 1 fully saturated rings. The highest BCUT2D eigenvalue weighted by Gasteiger charge is 2.38. The number of nitrogens with zero attached hydrogens (tertiary/aromatic N) is 1. The molecular weight excluding hydrogens is 144 g/mol. The second-order valence-electron chi connectivity index (χ2n) is 3.25. The third kappa shape index (κ3) is 1.34. The average Bonchev–Trinajstić information content (AvgIpc) is 2.33. The van der Waals surface area contributed by atoms with E-state index in [1.807, 2.05) is 0 Å². The minimum Gasteiger partial charge on any atom is -0.369 e. The molecule has 1 atom stereocenters. The van der Waals surface area contributed by atoms with Crippen molar-refractivity contribution >= 4 is 12.3 Å². The molecule has 0 aliphatic carbocycles. The Balaban J connectivity index is 2.64. The lowest BCUT2D eigenvalue weighted by molar-refractivity contribution is -0.126. The van der Waals surface area contributed by atoms with Crippen LogP contribution in [0.1, 0.15) is 13.3 Å². The summed E-state index contributed by atoms with van der Waals surface area (Å²) < 4.78 is 0. The second kappa shape index (κ2) is 2.53. The Morgan fingerprint density at radius 3 is 2.64 bits per heavy atom. The largest absolute Gasteiger partial charge is 0.369 e. The zero-order chi connectivity index (χ0) is 8.48. The van der Waals surface area contributed by atoms with Crippen molar-refractivity contribution in [1.29, 1.82) is 0 Å². The third-order valence-electron chi connectivity index (χ3n) is 2.25. The lowest BCUT2D eigenvalue weighted by atomic mass is 9.89. The van der Waals surface area contributed by atoms with Gasteiger partial charge in [0.15, 0.2) is 0 Å². The van der Waals surface area contributed by atoms with Crippen LogP contribution in [0.15, 0.2) is 0 Å². The Hall–Kier alpha value is -1.06. The maximum Gasteiger partial charge on any atom is 0.225 e. The van der Waals surface area contributed by atoms with Gasteiger partial charge in [-0.2, -0.15) is 0 Å². The Morgan fingerprint density at radius 1 is 1.73 bits per heavy atom. The van der Waals surface area contributed by atoms with Gasteiger partial charge >= 0.3 is 0 Å². The topological polar surface area (TPSA) is 63.4 Å². The molecule has 4 heteroatoms. The fourth-order valence-corrected chi connectivity index (χ4v) is 1.29. The maximum absolute atomic E-state index is 10.9. The van der Waals surface area contributed by atoms with Crippen LogP contribution in [-0.2, 0) is 9.59 Å². The highest BCUT2D eigenvalue weighted by atomic mass is 16.2. The fourth-order valence-electron chi connectivity index (χ4n) is 1.29. The van der Waals surface area contributed by atoms with Crippen LogP contribution in [0.3, 0.4) is 0 Å². The van der Waals surface area contributed by atoms with Crippen LogP contribution >= 0.6 is 0 Å². The maximum atomic E-state index is 10.9. The molecule has 11 heavy (non-hydrogen) atoms. The molecule has 2 amide bonds. The number of likely N-dealkylation sites (tertiary alicyclic amines) is 1. The van der Waals surface area contributed by atoms with Crippen molar-refractivity contribution in [2.75, 3.05) is 13.1 Å². The summed E-state index contributed by atoms with van der Waals surface area (Å²) in [6, 6.07) is 0. The Morgan fingerprint density at radius 2 is 2.36 bits per heavy atom. The summed E-state index contributed by atoms with van der Waals surface area (Å²) in [7, 11) is 0. The van der Waals surface area contributed by atoms with Crippen LogP contribution in [0.4, 0.5) is 0 Å². The fraction of sp³-hybridized carbons (Fsp3) is 0.714. The molecule has 62 valence electrons. The van der Waals surface area contributed by atoms with E-state index in [1.54, 1.807) is 11.8 Å². The van der Waals surface area contributed by atoms with Gasteiger partial charge in [-0.05, 0) is 13.3 Å². The summed E-state index contributed by atoms with van der Waals surface area (Å²) in [4.78, 5) is 22.7. The summed E-state index contributed by atoms with van der Waals surface area (Å²) in [6.07, 6.45) is 1.44. The third-order valence-corrected chi connectivity index (χ3v) is 2.25. The molecule has 0 aromatic heterocycles. The van der Waals surface area contributed by atoms with Gasteiger partial charge < -0.3 is 10.6 Å². The van der Waals surface area contributed by atoms with Crippen molar-refractivity contribution in [2.45, 2.75) is 13.3 Å². The summed E-state index contributed by atoms with van der Waals surface area (Å²) in [5.41, 5.74) is 4.67. The Bertz CT molecular complexity index is 193. The summed E-state index contributed by atoms with van der Waals surface area (Å²) in [5, 5.41) is 0. The number of hydrogen-bond donors (Lipinski definition) is 1. The van der Waals surface area contributed by atoms with Crippen LogP contribution in [0, 0.1) is 5.41 Å². The first-order valence-corrected chi connectivity index (χ1v) is 3.58. The van der Waals surface area contributed by atoms with E-state index >= 15 is 0 Å². The monoisotopic (exact) mass is 156 g/mol. The van der Waals surface area contributed by atoms with Crippen molar-refractivity contribution in [2.24, 2.45) is 11.1 Å². The zero-order valence-electron chi connectivity index (χ0n) is 6.54. The molecule has 1 aliphatic rings. The van der Waals surface area contributed by atoms with Gasteiger partial charge in [0.2, 0.25) is 12.3 Å². The van der Waals surface area contributed by atoms with Crippen molar-refractivity contribution in [3.8, 4) is 0 Å². The molecule has 0 bridgehead atoms. The second-order valence-corrected chi connectivity index (χ2v) is 3.25. The number of amides is 2. The molecule has 0 aromatic carbocycles. The van der Waals surface area contributed by atoms with Gasteiger partial charge in [0.05, 0.1) is 5.41 Å². The molecule has 0 radical (unpaired) electrons. The van der Waals surface area contributed by atoms with E-state index in [-0.39, 0.29) is 5.91 Å². The summed E-state index contributed by atoms with van der Waals surface area (Å²) in [5.74, 6) is -0.318. The van der Waals surface area contributed by atoms with E-state index in [0.717, 1.165) is 6.41 Å². The lowest BCUT2D eigenvalue weighted by Crippen LogP contribution is -2.36. The summed E-state index contributed by atoms with van der Waals surface area (Å²) in [6.45, 7) is 2.90. The summed E-state index contributed by atoms with van der Waals surface area (Å²) >= 11 is 0. The molecule has 1 heterocycles. The van der Waals surface area contributed by atoms with Crippen LogP contribution in [0.5, 0.6) is 0 Å². The molecule has 1 rings (SSSR count). The molecule has 2 N–H and O–H groups in total. The van der Waals surface area contributed by atoms with Crippen molar-refractivity contribution in [1.82, 2.24) is 4.90 Å². The van der Waals surface area contributed by atoms with Crippen LogP contribution in [-0.4, -0.2) is 30.3 Å². The molecule has 4 nitrogen and oxygen atoms in total. The Kier molecular flexibility index (Phi) is 1.85. The van der Waals surface area contributed by atoms with E-state index in [0.29, 0.717) is 19.5 Å². The van der Waals surface area contributed by atoms with Crippen molar-refractivity contribution in [3.05, 3.63) is 0 Å². The van der Waals surface area contributed by atoms with Gasteiger partial charge in [-0.3, -0.25) is 9.59 Å². The minimum atomic E-state index is -0.499. The van der Waals surface area contributed by atoms with E-state index < -0.39 is 5.41 Å². The molecule has 0 spiro atoms. The van der Waals surface area contributed by atoms with Gasteiger partial charge in [-0.25, -0.2) is 0 Å². The number of carbonyl (C=O) groups is 2. The van der Waals surface area contributed by atoms with Gasteiger partial charge in [-0.15, -0.1) is 0 Å². The van der Waals surface area contributed by atoms with Gasteiger partial charge in [-0.1, -0.05) is 0 Å². The minimum absolute atomic E-state index is 0.318. The molecule has 0 aromatic rings. The smallest absolute Gasteiger partial charge is 0.225 e. The normalized spacial score (nSPS) is 30.5. The number of carbonyl (C=O) groups excluding carboxylic acids is 2. The lowest BCUT2D eigenvalue weighted by Gasteiger charge is -2.18. The van der Waals surface area contributed by atoms with Crippen LogP contribution in [0.2, 0.25) is 0 Å². The Labute approximate surface area is 65.3 Å². The zero-order valence-corrected chi connectivity index (χ0v) is 6.54. The highest BCUT2D eigenvalue weighted by Crippen LogP contribution is 2.27. The molecular formula is C7H12N2O2. The van der Waals surface area contributed by atoms with Gasteiger partial charge in [0.1, 0.15) is 0 Å². The SMILES string of the molecule is CC1(C(N)=O)CCN(C=O)C1. The van der Waals surface area contributed by atoms with Gasteiger partial charge in [0.25, 0.3) is 0 Å². The molecule has 1 aliphatic heterocycles. The van der Waals surface area contributed by atoms with E-state index in [1.165, 1.54) is 0 Å². The van der Waals surface area contributed by atoms with Gasteiger partial charge in [0, 0.05) is 13.1 Å². The predicted molar refractivity (Wildman–Crippen MR) is 39.6 cm³/mol. The standard InChI is InChI=1S/C7H12N2O2/c1-7(6(8)11)2-3-9(4-7)5-10/h5H,2-4H2,1H3,(H2,8,11).